The van der Waals surface area contributed by atoms with E-state index in [1.165, 1.54) is 173 Å². The van der Waals surface area contributed by atoms with Gasteiger partial charge in [0.25, 0.3) is 0 Å². The minimum atomic E-state index is -4.61. The molecule has 0 aliphatic heterocycles. The summed E-state index contributed by atoms with van der Waals surface area (Å²) in [6.07, 6.45) is 40.6. The second-order valence-corrected chi connectivity index (χ2v) is 18.0. The maximum absolute atomic E-state index is 12.6. The van der Waals surface area contributed by atoms with Crippen LogP contribution in [0, 0.1) is 0 Å². The molecule has 3 atom stereocenters. The van der Waals surface area contributed by atoms with Gasteiger partial charge in [-0.2, -0.15) is 0 Å². The highest BCUT2D eigenvalue weighted by Crippen LogP contribution is 2.43. The Balaban J connectivity index is 4.18. The quantitative estimate of drug-likeness (QED) is 0.0307. The fraction of sp³-hybridized carbons (Fsp3) is 0.957. The van der Waals surface area contributed by atoms with Crippen molar-refractivity contribution in [3.63, 3.8) is 0 Å². The van der Waals surface area contributed by atoms with E-state index >= 15 is 0 Å². The van der Waals surface area contributed by atoms with E-state index in [4.69, 9.17) is 23.6 Å². The minimum Gasteiger partial charge on any atom is -0.462 e. The number of carbonyl (C=O) groups excluding carboxylic acids is 2. The zero-order valence-electron chi connectivity index (χ0n) is 37.1. The second kappa shape index (κ2) is 43.1. The number of rotatable bonds is 46. The predicted molar refractivity (Wildman–Crippen MR) is 233 cm³/mol. The Morgan fingerprint density at radius 1 is 0.456 bits per heavy atom. The van der Waals surface area contributed by atoms with Crippen molar-refractivity contribution in [2.24, 2.45) is 0 Å². The highest BCUT2D eigenvalue weighted by molar-refractivity contribution is 7.47. The van der Waals surface area contributed by atoms with Crippen LogP contribution in [0.15, 0.2) is 0 Å². The van der Waals surface area contributed by atoms with Gasteiger partial charge in [0.15, 0.2) is 6.10 Å². The summed E-state index contributed by atoms with van der Waals surface area (Å²) in [5.74, 6) is -0.905. The van der Waals surface area contributed by atoms with Gasteiger partial charge < -0.3 is 24.6 Å². The van der Waals surface area contributed by atoms with Gasteiger partial charge in [0.05, 0.1) is 19.8 Å². The lowest BCUT2D eigenvalue weighted by Crippen LogP contribution is -2.29. The first-order valence-electron chi connectivity index (χ1n) is 24.0. The smallest absolute Gasteiger partial charge is 0.462 e. The molecule has 0 saturated heterocycles. The number of ether oxygens (including phenoxy) is 2. The predicted octanol–water partition coefficient (Wildman–Crippen LogP) is 13.0. The summed E-state index contributed by atoms with van der Waals surface area (Å²) in [4.78, 5) is 35.1. The van der Waals surface area contributed by atoms with E-state index < -0.39 is 51.8 Å². The first-order chi connectivity index (χ1) is 27.7. The molecule has 0 aromatic carbocycles. The van der Waals surface area contributed by atoms with Gasteiger partial charge in [0.2, 0.25) is 0 Å². The van der Waals surface area contributed by atoms with Gasteiger partial charge in [-0.15, -0.1) is 0 Å². The summed E-state index contributed by atoms with van der Waals surface area (Å²) in [5, 5.41) is 18.4. The van der Waals surface area contributed by atoms with Crippen LogP contribution in [0.1, 0.15) is 245 Å². The van der Waals surface area contributed by atoms with E-state index in [1.54, 1.807) is 0 Å². The minimum absolute atomic E-state index is 0.193. The molecule has 0 rings (SSSR count). The van der Waals surface area contributed by atoms with Crippen molar-refractivity contribution < 1.29 is 47.8 Å². The molecule has 3 N–H and O–H groups in total. The van der Waals surface area contributed by atoms with E-state index in [9.17, 15) is 24.2 Å². The zero-order chi connectivity index (χ0) is 41.9. The van der Waals surface area contributed by atoms with E-state index in [1.807, 2.05) is 0 Å². The van der Waals surface area contributed by atoms with Crippen LogP contribution < -0.4 is 0 Å². The molecular weight excluding hydrogens is 743 g/mol. The lowest BCUT2D eigenvalue weighted by Gasteiger charge is -2.20. The average Bonchev–Trinajstić information content (AvgIpc) is 3.20. The van der Waals surface area contributed by atoms with Crippen LogP contribution in [0.3, 0.4) is 0 Å². The molecule has 0 aromatic rings. The summed E-state index contributed by atoms with van der Waals surface area (Å²) < 4.78 is 32.8. The van der Waals surface area contributed by atoms with E-state index in [2.05, 4.69) is 13.8 Å². The molecule has 0 bridgehead atoms. The number of hydrogen-bond donors (Lipinski definition) is 3. The van der Waals surface area contributed by atoms with E-state index in [0.29, 0.717) is 12.8 Å². The van der Waals surface area contributed by atoms with E-state index in [0.717, 1.165) is 32.1 Å². The van der Waals surface area contributed by atoms with Crippen LogP contribution in [-0.2, 0) is 32.7 Å². The van der Waals surface area contributed by atoms with Crippen molar-refractivity contribution in [2.75, 3.05) is 26.4 Å². The Hall–Kier alpha value is -1.03. The number of aliphatic hydroxyl groups excluding tert-OH is 2. The van der Waals surface area contributed by atoms with Crippen LogP contribution in [0.25, 0.3) is 0 Å². The van der Waals surface area contributed by atoms with Gasteiger partial charge >= 0.3 is 19.8 Å². The van der Waals surface area contributed by atoms with Crippen LogP contribution in [0.5, 0.6) is 0 Å². The first-order valence-corrected chi connectivity index (χ1v) is 25.5. The first kappa shape index (κ1) is 56.0. The molecule has 10 nitrogen and oxygen atoms in total. The fourth-order valence-electron chi connectivity index (χ4n) is 7.05. The van der Waals surface area contributed by atoms with Gasteiger partial charge in [0.1, 0.15) is 12.7 Å². The normalized spacial score (nSPS) is 13.7. The molecule has 0 saturated carbocycles. The number of unbranched alkanes of at least 4 members (excludes halogenated alkanes) is 32. The van der Waals surface area contributed by atoms with Crippen molar-refractivity contribution in [1.29, 1.82) is 0 Å². The van der Waals surface area contributed by atoms with Gasteiger partial charge in [-0.25, -0.2) is 4.57 Å². The largest absolute Gasteiger partial charge is 0.472 e. The summed E-state index contributed by atoms with van der Waals surface area (Å²) >= 11 is 0. The zero-order valence-corrected chi connectivity index (χ0v) is 38.0. The molecule has 57 heavy (non-hydrogen) atoms. The molecule has 0 aromatic heterocycles. The number of carbonyl (C=O) groups is 2. The standard InChI is InChI=1S/C46H91O10P/c1-3-5-7-9-11-13-15-17-19-21-23-25-27-29-31-33-35-37-45(49)53-41-44(42-55-57(51,52)54-40-43(48)39-47)56-46(50)38-36-34-32-30-28-26-24-22-20-18-16-14-12-10-8-6-4-2/h43-44,47-48H,3-42H2,1-2H3,(H,51,52). The highest BCUT2D eigenvalue weighted by atomic mass is 31.2. The molecular formula is C46H91O10P. The topological polar surface area (TPSA) is 149 Å². The Morgan fingerprint density at radius 2 is 0.754 bits per heavy atom. The van der Waals surface area contributed by atoms with Gasteiger partial charge in [0, 0.05) is 12.8 Å². The molecule has 3 unspecified atom stereocenters. The number of esters is 2. The number of phosphoric ester groups is 1. The Labute approximate surface area is 350 Å². The summed E-state index contributed by atoms with van der Waals surface area (Å²) in [5.41, 5.74) is 0. The molecule has 0 radical (unpaired) electrons. The Bertz CT molecular complexity index is 920. The van der Waals surface area contributed by atoms with E-state index in [-0.39, 0.29) is 19.4 Å². The lowest BCUT2D eigenvalue weighted by molar-refractivity contribution is -0.161. The lowest BCUT2D eigenvalue weighted by atomic mass is 10.0. The van der Waals surface area contributed by atoms with Gasteiger partial charge in [-0.3, -0.25) is 18.6 Å². The van der Waals surface area contributed by atoms with Crippen LogP contribution >= 0.6 is 7.82 Å². The van der Waals surface area contributed by atoms with Gasteiger partial charge in [-0.05, 0) is 12.8 Å². The van der Waals surface area contributed by atoms with Crippen molar-refractivity contribution in [3.05, 3.63) is 0 Å². The maximum atomic E-state index is 12.6. The summed E-state index contributed by atoms with van der Waals surface area (Å²) in [6, 6.07) is 0. The van der Waals surface area contributed by atoms with Gasteiger partial charge in [-0.1, -0.05) is 219 Å². The number of hydrogen-bond acceptors (Lipinski definition) is 9. The van der Waals surface area contributed by atoms with Crippen molar-refractivity contribution in [2.45, 2.75) is 257 Å². The Morgan fingerprint density at radius 3 is 1.09 bits per heavy atom. The molecule has 0 amide bonds. The second-order valence-electron chi connectivity index (χ2n) is 16.5. The molecule has 340 valence electrons. The monoisotopic (exact) mass is 835 g/mol. The van der Waals surface area contributed by atoms with Crippen LogP contribution in [-0.4, -0.2) is 65.7 Å². The third-order valence-electron chi connectivity index (χ3n) is 10.8. The third kappa shape index (κ3) is 42.9. The molecule has 0 spiro atoms. The highest BCUT2D eigenvalue weighted by Gasteiger charge is 2.27. The SMILES string of the molecule is CCCCCCCCCCCCCCCCCCCC(=O)OCC(COP(=O)(O)OCC(O)CO)OC(=O)CCCCCCCCCCCCCCCCCCC. The van der Waals surface area contributed by atoms with Crippen molar-refractivity contribution in [1.82, 2.24) is 0 Å². The Kier molecular flexibility index (Phi) is 42.3. The third-order valence-corrected chi connectivity index (χ3v) is 11.7. The summed E-state index contributed by atoms with van der Waals surface area (Å²) in [6.45, 7) is 2.44. The van der Waals surface area contributed by atoms with Crippen molar-refractivity contribution >= 4 is 19.8 Å². The molecule has 11 heteroatoms. The van der Waals surface area contributed by atoms with Crippen molar-refractivity contribution in [3.8, 4) is 0 Å². The molecule has 0 aliphatic rings. The fourth-order valence-corrected chi connectivity index (χ4v) is 7.84. The molecule has 0 aliphatic carbocycles. The molecule has 0 heterocycles. The van der Waals surface area contributed by atoms with Crippen LogP contribution in [0.2, 0.25) is 0 Å². The summed E-state index contributed by atoms with van der Waals surface area (Å²) in [7, 11) is -4.61. The number of aliphatic hydroxyl groups is 2. The maximum Gasteiger partial charge on any atom is 0.472 e. The van der Waals surface area contributed by atoms with Crippen LogP contribution in [0.4, 0.5) is 0 Å². The molecule has 0 fully saturated rings. The number of phosphoric acid groups is 1. The average molecular weight is 835 g/mol.